The molecule has 0 bridgehead atoms. The summed E-state index contributed by atoms with van der Waals surface area (Å²) in [5.74, 6) is 0. The highest BCUT2D eigenvalue weighted by atomic mass is 19.4. The van der Waals surface area contributed by atoms with Gasteiger partial charge in [0.1, 0.15) is 0 Å². The summed E-state index contributed by atoms with van der Waals surface area (Å²) >= 11 is 0. The molecule has 0 atom stereocenters. The van der Waals surface area contributed by atoms with Crippen LogP contribution in [0.25, 0.3) is 59.6 Å². The smallest absolute Gasteiger partial charge is 0.310 e. The lowest BCUT2D eigenvalue weighted by Crippen LogP contribution is -2.12. The Balaban J connectivity index is 1.21. The number of hydrogen-bond donors (Lipinski definition) is 0. The minimum Gasteiger partial charge on any atom is -0.310 e. The van der Waals surface area contributed by atoms with E-state index in [0.717, 1.165) is 88.8 Å². The molecule has 11 rings (SSSR count). The van der Waals surface area contributed by atoms with E-state index in [2.05, 4.69) is 138 Å². The first kappa shape index (κ1) is 34.0. The second kappa shape index (κ2) is 12.9. The van der Waals surface area contributed by atoms with Gasteiger partial charge in [0.15, 0.2) is 0 Å². The number of benzene rings is 9. The summed E-state index contributed by atoms with van der Waals surface area (Å²) < 4.78 is 44.6. The molecule has 9 aromatic carbocycles. The largest absolute Gasteiger partial charge is 0.416 e. The fourth-order valence-electron chi connectivity index (χ4n) is 8.92. The molecule has 0 amide bonds. The van der Waals surface area contributed by atoms with E-state index in [1.165, 1.54) is 23.1 Å². The maximum atomic E-state index is 14.1. The van der Waals surface area contributed by atoms with E-state index in [1.807, 2.05) is 47.4 Å². The summed E-state index contributed by atoms with van der Waals surface area (Å²) in [5.41, 5.74) is 8.84. The van der Waals surface area contributed by atoms with Crippen molar-refractivity contribution in [1.29, 1.82) is 0 Å². The first-order chi connectivity index (χ1) is 28.3. The van der Waals surface area contributed by atoms with E-state index in [1.54, 1.807) is 6.07 Å². The maximum absolute atomic E-state index is 14.1. The Morgan fingerprint density at radius 2 is 0.948 bits per heavy atom. The Kier molecular flexibility index (Phi) is 7.54. The van der Waals surface area contributed by atoms with Crippen molar-refractivity contribution in [3.63, 3.8) is 0 Å². The number of para-hydroxylation sites is 2. The molecule has 0 spiro atoms. The zero-order valence-corrected chi connectivity index (χ0v) is 31.4. The van der Waals surface area contributed by atoms with Gasteiger partial charge in [0, 0.05) is 55.7 Å². The predicted octanol–water partition coefficient (Wildman–Crippen LogP) is 15.4. The molecule has 0 aliphatic carbocycles. The minimum atomic E-state index is -4.48. The fraction of sp³-hybridized carbons (Fsp3) is 0.0385. The van der Waals surface area contributed by atoms with Gasteiger partial charge in [-0.2, -0.15) is 13.2 Å². The Morgan fingerprint density at radius 3 is 1.64 bits per heavy atom. The van der Waals surface area contributed by atoms with Crippen molar-refractivity contribution in [2.24, 2.45) is 0 Å². The van der Waals surface area contributed by atoms with Crippen molar-refractivity contribution in [3.05, 3.63) is 199 Å². The summed E-state index contributed by atoms with van der Waals surface area (Å²) in [6, 6.07) is 62.6. The van der Waals surface area contributed by atoms with Crippen molar-refractivity contribution >= 4 is 93.8 Å². The molecule has 0 saturated carbocycles. The Labute approximate surface area is 332 Å². The van der Waals surface area contributed by atoms with Crippen LogP contribution in [-0.4, -0.2) is 4.40 Å². The molecule has 0 radical (unpaired) electrons. The molecule has 0 N–H and O–H groups in total. The zero-order chi connectivity index (χ0) is 39.1. The lowest BCUT2D eigenvalue weighted by atomic mass is 9.98. The third-order valence-corrected chi connectivity index (χ3v) is 11.4. The third kappa shape index (κ3) is 5.36. The molecule has 278 valence electrons. The van der Waals surface area contributed by atoms with E-state index >= 15 is 0 Å². The highest BCUT2D eigenvalue weighted by Crippen LogP contribution is 2.47. The maximum Gasteiger partial charge on any atom is 0.416 e. The van der Waals surface area contributed by atoms with Gasteiger partial charge in [0.2, 0.25) is 0 Å². The van der Waals surface area contributed by atoms with Crippen LogP contribution < -0.4 is 9.80 Å². The molecule has 0 unspecified atom stereocenters. The van der Waals surface area contributed by atoms with Gasteiger partial charge in [-0.05, 0) is 131 Å². The van der Waals surface area contributed by atoms with Crippen LogP contribution in [0.15, 0.2) is 188 Å². The molecule has 3 nitrogen and oxygen atoms in total. The molecular formula is C52H34F3N3. The van der Waals surface area contributed by atoms with E-state index in [4.69, 9.17) is 0 Å². The van der Waals surface area contributed by atoms with Gasteiger partial charge in [0.25, 0.3) is 0 Å². The number of aryl methyl sites for hydroxylation is 1. The van der Waals surface area contributed by atoms with Crippen LogP contribution in [0, 0.1) is 6.92 Å². The summed E-state index contributed by atoms with van der Waals surface area (Å²) in [7, 11) is 0. The Morgan fingerprint density at radius 1 is 0.397 bits per heavy atom. The van der Waals surface area contributed by atoms with Crippen LogP contribution in [0.3, 0.4) is 0 Å². The summed E-state index contributed by atoms with van der Waals surface area (Å²) in [4.78, 5) is 4.22. The lowest BCUT2D eigenvalue weighted by molar-refractivity contribution is -0.137. The zero-order valence-electron chi connectivity index (χ0n) is 31.4. The lowest BCUT2D eigenvalue weighted by Gasteiger charge is -2.26. The molecule has 58 heavy (non-hydrogen) atoms. The van der Waals surface area contributed by atoms with Crippen LogP contribution in [-0.2, 0) is 6.18 Å². The molecule has 0 fully saturated rings. The molecule has 0 aliphatic rings. The topological polar surface area (TPSA) is 10.9 Å². The second-order valence-electron chi connectivity index (χ2n) is 15.0. The number of hydrogen-bond acceptors (Lipinski definition) is 2. The van der Waals surface area contributed by atoms with Crippen LogP contribution in [0.4, 0.5) is 47.3 Å². The summed E-state index contributed by atoms with van der Waals surface area (Å²) in [6.45, 7) is 2.12. The van der Waals surface area contributed by atoms with Gasteiger partial charge in [-0.3, -0.25) is 0 Å². The third-order valence-electron chi connectivity index (χ3n) is 11.4. The standard InChI is InChI=1S/C52H34F3N3/c1-33-12-10-20-40(26-33)56(38-16-4-2-5-17-38)42-23-22-36-28-46-44-25-24-43(57(39-18-6-3-7-19-39)41-21-11-15-37(30-41)52(53,54)55)32-49(44)58-48-29-35-14-9-8-13-34(35)27-47(48)50(51(46)58)45(36)31-42/h2-32H,1H3. The average Bonchev–Trinajstić information content (AvgIpc) is 3.74. The molecule has 6 heteroatoms. The predicted molar refractivity (Wildman–Crippen MR) is 235 cm³/mol. The number of anilines is 6. The minimum absolute atomic E-state index is 0.430. The van der Waals surface area contributed by atoms with Gasteiger partial charge in [-0.25, -0.2) is 0 Å². The van der Waals surface area contributed by atoms with Gasteiger partial charge in [-0.15, -0.1) is 0 Å². The van der Waals surface area contributed by atoms with Gasteiger partial charge < -0.3 is 14.2 Å². The molecule has 0 aliphatic heterocycles. The average molecular weight is 758 g/mol. The van der Waals surface area contributed by atoms with Crippen molar-refractivity contribution in [1.82, 2.24) is 4.40 Å². The quantitative estimate of drug-likeness (QED) is 0.167. The fourth-order valence-corrected chi connectivity index (χ4v) is 8.92. The first-order valence-electron chi connectivity index (χ1n) is 19.3. The van der Waals surface area contributed by atoms with Crippen molar-refractivity contribution < 1.29 is 13.2 Å². The monoisotopic (exact) mass is 757 g/mol. The van der Waals surface area contributed by atoms with Gasteiger partial charge >= 0.3 is 6.18 Å². The molecule has 0 saturated heterocycles. The van der Waals surface area contributed by atoms with Crippen LogP contribution >= 0.6 is 0 Å². The second-order valence-corrected chi connectivity index (χ2v) is 15.0. The SMILES string of the molecule is Cc1cccc(N(c2ccccc2)c2ccc3cc4c5ccc(N(c6ccccc6)c6cccc(C(F)(F)F)c6)cc5n5c6cc7ccccc7cc6c(c3c2)c45)c1. The molecule has 11 aromatic rings. The first-order valence-corrected chi connectivity index (χ1v) is 19.3. The number of fused-ring (bicyclic) bond motifs is 9. The summed E-state index contributed by atoms with van der Waals surface area (Å²) in [5, 5.41) is 9.08. The number of halogens is 3. The van der Waals surface area contributed by atoms with Gasteiger partial charge in [-0.1, -0.05) is 91.0 Å². The highest BCUT2D eigenvalue weighted by molar-refractivity contribution is 6.32. The number of aromatic nitrogens is 1. The molecule has 2 aromatic heterocycles. The molecule has 2 heterocycles. The number of nitrogens with zero attached hydrogens (tertiary/aromatic N) is 3. The van der Waals surface area contributed by atoms with Crippen molar-refractivity contribution in [2.75, 3.05) is 9.80 Å². The van der Waals surface area contributed by atoms with E-state index in [9.17, 15) is 13.2 Å². The summed E-state index contributed by atoms with van der Waals surface area (Å²) in [6.07, 6.45) is -4.48. The van der Waals surface area contributed by atoms with Crippen LogP contribution in [0.1, 0.15) is 11.1 Å². The Bertz CT molecular complexity index is 3350. The number of alkyl halides is 3. The van der Waals surface area contributed by atoms with Crippen molar-refractivity contribution in [2.45, 2.75) is 13.1 Å². The van der Waals surface area contributed by atoms with Crippen molar-refractivity contribution in [3.8, 4) is 0 Å². The number of rotatable bonds is 6. The van der Waals surface area contributed by atoms with Gasteiger partial charge in [0.05, 0.1) is 22.1 Å². The normalized spacial score (nSPS) is 12.1. The van der Waals surface area contributed by atoms with E-state index in [0.29, 0.717) is 5.69 Å². The van der Waals surface area contributed by atoms with E-state index in [-0.39, 0.29) is 0 Å². The Hall–Kier alpha value is -7.31. The highest BCUT2D eigenvalue weighted by Gasteiger charge is 2.31. The van der Waals surface area contributed by atoms with Crippen LogP contribution in [0.5, 0.6) is 0 Å². The van der Waals surface area contributed by atoms with E-state index < -0.39 is 11.7 Å². The van der Waals surface area contributed by atoms with Crippen LogP contribution in [0.2, 0.25) is 0 Å². The molecular weight excluding hydrogens is 724 g/mol.